The fraction of sp³-hybridized carbons (Fsp3) is 0.176. The van der Waals surface area contributed by atoms with Crippen molar-refractivity contribution >= 4 is 5.91 Å². The van der Waals surface area contributed by atoms with E-state index in [1.807, 2.05) is 12.1 Å². The number of pyridine rings is 1. The minimum Gasteiger partial charge on any atom is -0.457 e. The van der Waals surface area contributed by atoms with Crippen molar-refractivity contribution in [3.63, 3.8) is 0 Å². The number of ether oxygens (including phenoxy) is 2. The van der Waals surface area contributed by atoms with Crippen LogP contribution in [0.5, 0.6) is 11.5 Å². The Bertz CT molecular complexity index is 861. The fourth-order valence-corrected chi connectivity index (χ4v) is 2.09. The topological polar surface area (TPSA) is 99.4 Å². The van der Waals surface area contributed by atoms with Gasteiger partial charge in [-0.2, -0.15) is 4.98 Å². The van der Waals surface area contributed by atoms with Crippen LogP contribution in [0.4, 0.5) is 0 Å². The Morgan fingerprint density at radius 3 is 2.72 bits per heavy atom. The minimum absolute atomic E-state index is 0.268. The molecule has 25 heavy (non-hydrogen) atoms. The monoisotopic (exact) mass is 340 g/mol. The van der Waals surface area contributed by atoms with E-state index in [2.05, 4.69) is 20.4 Å². The number of hydrogen-bond acceptors (Lipinski definition) is 7. The summed E-state index contributed by atoms with van der Waals surface area (Å²) in [6.07, 6.45) is 1.52. The smallest absolute Gasteiger partial charge is 0.269 e. The Morgan fingerprint density at radius 2 is 2.00 bits per heavy atom. The van der Waals surface area contributed by atoms with Crippen molar-refractivity contribution in [2.24, 2.45) is 0 Å². The molecular weight excluding hydrogens is 324 g/mol. The highest BCUT2D eigenvalue weighted by Gasteiger charge is 2.09. The third kappa shape index (κ3) is 3.99. The van der Waals surface area contributed by atoms with Gasteiger partial charge in [0, 0.05) is 32.0 Å². The molecule has 0 radical (unpaired) electrons. The summed E-state index contributed by atoms with van der Waals surface area (Å²) in [5.74, 6) is 1.74. The average molecular weight is 340 g/mol. The molecule has 2 aromatic heterocycles. The molecule has 2 heterocycles. The van der Waals surface area contributed by atoms with Crippen molar-refractivity contribution in [3.8, 4) is 22.9 Å². The summed E-state index contributed by atoms with van der Waals surface area (Å²) in [5, 5.41) is 6.42. The van der Waals surface area contributed by atoms with Crippen molar-refractivity contribution in [3.05, 3.63) is 54.2 Å². The molecule has 0 aliphatic heterocycles. The van der Waals surface area contributed by atoms with Gasteiger partial charge in [-0.15, -0.1) is 0 Å². The Morgan fingerprint density at radius 1 is 1.20 bits per heavy atom. The number of nitrogens with zero attached hydrogens (tertiary/aromatic N) is 3. The zero-order chi connectivity index (χ0) is 17.6. The zero-order valence-electron chi connectivity index (χ0n) is 13.7. The van der Waals surface area contributed by atoms with Crippen LogP contribution in [0.3, 0.4) is 0 Å². The van der Waals surface area contributed by atoms with Crippen LogP contribution in [0, 0.1) is 0 Å². The van der Waals surface area contributed by atoms with Crippen molar-refractivity contribution in [2.75, 3.05) is 14.2 Å². The van der Waals surface area contributed by atoms with Crippen LogP contribution in [-0.4, -0.2) is 35.2 Å². The molecule has 1 N–H and O–H groups in total. The second-order valence-corrected chi connectivity index (χ2v) is 5.03. The Labute approximate surface area is 143 Å². The van der Waals surface area contributed by atoms with Crippen LogP contribution in [-0.2, 0) is 11.3 Å². The molecule has 3 rings (SSSR count). The first-order chi connectivity index (χ1) is 12.2. The number of methoxy groups -OCH3 is 1. The molecule has 128 valence electrons. The summed E-state index contributed by atoms with van der Waals surface area (Å²) >= 11 is 0. The molecule has 8 heteroatoms. The summed E-state index contributed by atoms with van der Waals surface area (Å²) in [7, 11) is 3.11. The summed E-state index contributed by atoms with van der Waals surface area (Å²) in [5.41, 5.74) is 1.08. The van der Waals surface area contributed by atoms with E-state index >= 15 is 0 Å². The highest BCUT2D eigenvalue weighted by atomic mass is 16.5. The van der Waals surface area contributed by atoms with E-state index in [0.717, 1.165) is 5.56 Å². The molecule has 0 unspecified atom stereocenters. The third-order valence-corrected chi connectivity index (χ3v) is 3.28. The molecule has 1 amide bonds. The van der Waals surface area contributed by atoms with Gasteiger partial charge in [-0.25, -0.2) is 0 Å². The molecule has 0 atom stereocenters. The van der Waals surface area contributed by atoms with Crippen LogP contribution < -0.4 is 10.1 Å². The Balaban J connectivity index is 1.73. The molecule has 0 saturated heterocycles. The predicted molar refractivity (Wildman–Crippen MR) is 88.1 cm³/mol. The van der Waals surface area contributed by atoms with Crippen LogP contribution in [0.25, 0.3) is 11.4 Å². The maximum atomic E-state index is 11.6. The number of nitrogens with one attached hydrogen (secondary N) is 1. The van der Waals surface area contributed by atoms with E-state index in [9.17, 15) is 4.79 Å². The van der Waals surface area contributed by atoms with Gasteiger partial charge in [0.2, 0.25) is 5.82 Å². The number of aromatic nitrogens is 3. The van der Waals surface area contributed by atoms with Crippen LogP contribution in [0.2, 0.25) is 0 Å². The first-order valence-corrected chi connectivity index (χ1v) is 7.47. The maximum absolute atomic E-state index is 11.6. The molecular formula is C17H16N4O4. The molecule has 0 aliphatic carbocycles. The van der Waals surface area contributed by atoms with E-state index in [0.29, 0.717) is 23.2 Å². The summed E-state index contributed by atoms with van der Waals surface area (Å²) in [4.78, 5) is 19.8. The number of carbonyl (C=O) groups excluding carboxylic acids is 1. The number of carbonyl (C=O) groups is 1. The number of amides is 1. The summed E-state index contributed by atoms with van der Waals surface area (Å²) in [6.45, 7) is 0.268. The van der Waals surface area contributed by atoms with E-state index in [1.54, 1.807) is 38.4 Å². The zero-order valence-corrected chi connectivity index (χ0v) is 13.7. The minimum atomic E-state index is -0.273. The SMILES string of the molecule is CNC(=O)c1cc(Oc2ccc(-c3noc(COC)n3)cc2)ccn1. The van der Waals surface area contributed by atoms with Gasteiger partial charge in [0.25, 0.3) is 11.8 Å². The van der Waals surface area contributed by atoms with Crippen LogP contribution in [0.1, 0.15) is 16.4 Å². The Hall–Kier alpha value is -3.26. The number of hydrogen-bond donors (Lipinski definition) is 1. The molecule has 1 aromatic carbocycles. The average Bonchev–Trinajstić information content (AvgIpc) is 3.11. The normalized spacial score (nSPS) is 10.5. The predicted octanol–water partition coefficient (Wildman–Crippen LogP) is 2.43. The number of benzene rings is 1. The maximum Gasteiger partial charge on any atom is 0.269 e. The Kier molecular flexibility index (Phi) is 5.00. The van der Waals surface area contributed by atoms with Gasteiger partial charge in [0.1, 0.15) is 23.8 Å². The highest BCUT2D eigenvalue weighted by molar-refractivity contribution is 5.92. The first-order valence-electron chi connectivity index (χ1n) is 7.47. The van der Waals surface area contributed by atoms with Crippen molar-refractivity contribution in [2.45, 2.75) is 6.61 Å². The summed E-state index contributed by atoms with van der Waals surface area (Å²) in [6, 6.07) is 10.4. The lowest BCUT2D eigenvalue weighted by molar-refractivity contribution is 0.0958. The number of rotatable bonds is 6. The first kappa shape index (κ1) is 16.6. The third-order valence-electron chi connectivity index (χ3n) is 3.28. The largest absolute Gasteiger partial charge is 0.457 e. The van der Waals surface area contributed by atoms with E-state index in [1.165, 1.54) is 6.20 Å². The van der Waals surface area contributed by atoms with E-state index in [-0.39, 0.29) is 18.2 Å². The highest BCUT2D eigenvalue weighted by Crippen LogP contribution is 2.24. The lowest BCUT2D eigenvalue weighted by Gasteiger charge is -2.07. The van der Waals surface area contributed by atoms with Crippen LogP contribution >= 0.6 is 0 Å². The second kappa shape index (κ2) is 7.54. The van der Waals surface area contributed by atoms with Gasteiger partial charge < -0.3 is 19.3 Å². The van der Waals surface area contributed by atoms with E-state index in [4.69, 9.17) is 14.0 Å². The second-order valence-electron chi connectivity index (χ2n) is 5.03. The molecule has 0 spiro atoms. The molecule has 0 saturated carbocycles. The van der Waals surface area contributed by atoms with Crippen LogP contribution in [0.15, 0.2) is 47.1 Å². The van der Waals surface area contributed by atoms with Crippen molar-refractivity contribution in [1.82, 2.24) is 20.4 Å². The molecule has 8 nitrogen and oxygen atoms in total. The summed E-state index contributed by atoms with van der Waals surface area (Å²) < 4.78 is 15.8. The van der Waals surface area contributed by atoms with Gasteiger partial charge in [-0.1, -0.05) is 5.16 Å². The van der Waals surface area contributed by atoms with Gasteiger partial charge in [0.15, 0.2) is 0 Å². The molecule has 0 aliphatic rings. The molecule has 0 bridgehead atoms. The lowest BCUT2D eigenvalue weighted by Crippen LogP contribution is -2.18. The van der Waals surface area contributed by atoms with Crippen molar-refractivity contribution in [1.29, 1.82) is 0 Å². The van der Waals surface area contributed by atoms with Crippen molar-refractivity contribution < 1.29 is 18.8 Å². The standard InChI is InChI=1S/C17H16N4O4/c1-18-17(22)14-9-13(7-8-19-14)24-12-5-3-11(4-6-12)16-20-15(10-23-2)25-21-16/h3-9H,10H2,1-2H3,(H,18,22). The van der Waals surface area contributed by atoms with Gasteiger partial charge in [0.05, 0.1) is 0 Å². The van der Waals surface area contributed by atoms with Gasteiger partial charge in [-0.3, -0.25) is 9.78 Å². The van der Waals surface area contributed by atoms with Gasteiger partial charge >= 0.3 is 0 Å². The van der Waals surface area contributed by atoms with Gasteiger partial charge in [-0.05, 0) is 30.3 Å². The quantitative estimate of drug-likeness (QED) is 0.735. The van der Waals surface area contributed by atoms with E-state index < -0.39 is 0 Å². The molecule has 3 aromatic rings. The fourth-order valence-electron chi connectivity index (χ4n) is 2.09. The lowest BCUT2D eigenvalue weighted by atomic mass is 10.2. The molecule has 0 fully saturated rings.